The Morgan fingerprint density at radius 3 is 2.67 bits per heavy atom. The van der Waals surface area contributed by atoms with Crippen molar-refractivity contribution in [2.75, 3.05) is 12.3 Å². The second kappa shape index (κ2) is 6.58. The lowest BCUT2D eigenvalue weighted by Crippen LogP contribution is -2.29. The van der Waals surface area contributed by atoms with Crippen molar-refractivity contribution < 1.29 is 18.7 Å². The van der Waals surface area contributed by atoms with Gasteiger partial charge in [0.1, 0.15) is 5.82 Å². The third-order valence-electron chi connectivity index (χ3n) is 2.22. The van der Waals surface area contributed by atoms with Crippen LogP contribution in [0.1, 0.15) is 20.3 Å². The fraction of sp³-hybridized carbons (Fsp3) is 0.417. The highest BCUT2D eigenvalue weighted by atomic mass is 79.9. The Morgan fingerprint density at radius 2 is 2.17 bits per heavy atom. The van der Waals surface area contributed by atoms with E-state index >= 15 is 0 Å². The van der Waals surface area contributed by atoms with Gasteiger partial charge in [-0.3, -0.25) is 0 Å². The molecular formula is C12H15BrFNO3. The average molecular weight is 320 g/mol. The SMILES string of the molecule is CCOC(=O)C(CC)Oc1c(N)cc(F)cc1Br. The number of hydrogen-bond donors (Lipinski definition) is 1. The number of nitrogens with two attached hydrogens (primary N) is 1. The Morgan fingerprint density at radius 1 is 1.50 bits per heavy atom. The van der Waals surface area contributed by atoms with Crippen LogP contribution < -0.4 is 10.5 Å². The summed E-state index contributed by atoms with van der Waals surface area (Å²) >= 11 is 3.15. The zero-order chi connectivity index (χ0) is 13.7. The molecule has 1 rings (SSSR count). The Labute approximate surface area is 113 Å². The van der Waals surface area contributed by atoms with Crippen LogP contribution in [-0.4, -0.2) is 18.7 Å². The topological polar surface area (TPSA) is 61.5 Å². The highest BCUT2D eigenvalue weighted by Gasteiger charge is 2.22. The molecule has 0 aromatic heterocycles. The molecular weight excluding hydrogens is 305 g/mol. The number of nitrogen functional groups attached to an aromatic ring is 1. The van der Waals surface area contributed by atoms with Gasteiger partial charge in [-0.25, -0.2) is 9.18 Å². The molecule has 1 aromatic carbocycles. The Balaban J connectivity index is 2.92. The van der Waals surface area contributed by atoms with Crippen molar-refractivity contribution >= 4 is 27.6 Å². The summed E-state index contributed by atoms with van der Waals surface area (Å²) in [4.78, 5) is 11.6. The maximum atomic E-state index is 13.0. The van der Waals surface area contributed by atoms with Gasteiger partial charge in [-0.2, -0.15) is 0 Å². The summed E-state index contributed by atoms with van der Waals surface area (Å²) in [5.41, 5.74) is 5.78. The molecule has 6 heteroatoms. The van der Waals surface area contributed by atoms with E-state index in [0.29, 0.717) is 10.9 Å². The Bertz CT molecular complexity index is 416. The molecule has 0 aliphatic rings. The number of ether oxygens (including phenoxy) is 2. The summed E-state index contributed by atoms with van der Waals surface area (Å²) in [7, 11) is 0. The third kappa shape index (κ3) is 3.60. The van der Waals surface area contributed by atoms with Crippen molar-refractivity contribution in [3.05, 3.63) is 22.4 Å². The third-order valence-corrected chi connectivity index (χ3v) is 2.81. The molecule has 1 unspecified atom stereocenters. The van der Waals surface area contributed by atoms with Crippen LogP contribution in [0.3, 0.4) is 0 Å². The Kier molecular flexibility index (Phi) is 5.40. The first-order valence-corrected chi connectivity index (χ1v) is 6.36. The fourth-order valence-corrected chi connectivity index (χ4v) is 1.92. The van der Waals surface area contributed by atoms with Crippen LogP contribution in [0.2, 0.25) is 0 Å². The molecule has 1 aromatic rings. The molecule has 2 N–H and O–H groups in total. The molecule has 0 fully saturated rings. The zero-order valence-corrected chi connectivity index (χ0v) is 11.8. The number of benzene rings is 1. The summed E-state index contributed by atoms with van der Waals surface area (Å²) in [6.07, 6.45) is -0.323. The standard InChI is InChI=1S/C12H15BrFNO3/c1-3-10(12(16)17-4-2)18-11-8(13)5-7(14)6-9(11)15/h5-6,10H,3-4,15H2,1-2H3. The minimum atomic E-state index is -0.756. The largest absolute Gasteiger partial charge is 0.475 e. The number of hydrogen-bond acceptors (Lipinski definition) is 4. The molecule has 18 heavy (non-hydrogen) atoms. The van der Waals surface area contributed by atoms with Crippen LogP contribution in [0.4, 0.5) is 10.1 Å². The second-order valence-electron chi connectivity index (χ2n) is 3.57. The van der Waals surface area contributed by atoms with Gasteiger partial charge in [0.25, 0.3) is 0 Å². The van der Waals surface area contributed by atoms with Crippen molar-refractivity contribution in [1.82, 2.24) is 0 Å². The molecule has 100 valence electrons. The van der Waals surface area contributed by atoms with Gasteiger partial charge >= 0.3 is 5.97 Å². The van der Waals surface area contributed by atoms with Crippen LogP contribution in [0, 0.1) is 5.82 Å². The molecule has 0 aliphatic heterocycles. The number of rotatable bonds is 5. The normalized spacial score (nSPS) is 12.0. The summed E-state index contributed by atoms with van der Waals surface area (Å²) < 4.78 is 23.8. The predicted molar refractivity (Wildman–Crippen MR) is 69.9 cm³/mol. The quantitative estimate of drug-likeness (QED) is 0.669. The van der Waals surface area contributed by atoms with Gasteiger partial charge in [0.2, 0.25) is 0 Å². The van der Waals surface area contributed by atoms with Crippen LogP contribution in [0.25, 0.3) is 0 Å². The molecule has 0 aliphatic carbocycles. The summed E-state index contributed by atoms with van der Waals surface area (Å²) in [5, 5.41) is 0. The van der Waals surface area contributed by atoms with E-state index in [1.807, 2.05) is 0 Å². The van der Waals surface area contributed by atoms with Crippen molar-refractivity contribution in [1.29, 1.82) is 0 Å². The first-order valence-electron chi connectivity index (χ1n) is 5.57. The van der Waals surface area contributed by atoms with Gasteiger partial charge in [-0.1, -0.05) is 6.92 Å². The number of halogens is 2. The van der Waals surface area contributed by atoms with E-state index in [2.05, 4.69) is 15.9 Å². The van der Waals surface area contributed by atoms with Crippen molar-refractivity contribution in [2.24, 2.45) is 0 Å². The molecule has 4 nitrogen and oxygen atoms in total. The van der Waals surface area contributed by atoms with E-state index in [0.717, 1.165) is 6.07 Å². The van der Waals surface area contributed by atoms with E-state index in [-0.39, 0.29) is 18.0 Å². The average Bonchev–Trinajstić information content (AvgIpc) is 2.28. The van der Waals surface area contributed by atoms with Gasteiger partial charge in [0, 0.05) is 6.07 Å². The predicted octanol–water partition coefficient (Wildman–Crippen LogP) is 2.89. The smallest absolute Gasteiger partial charge is 0.347 e. The van der Waals surface area contributed by atoms with E-state index in [9.17, 15) is 9.18 Å². The van der Waals surface area contributed by atoms with E-state index < -0.39 is 17.9 Å². The van der Waals surface area contributed by atoms with Crippen molar-refractivity contribution in [3.8, 4) is 5.75 Å². The molecule has 0 spiro atoms. The monoisotopic (exact) mass is 319 g/mol. The molecule has 0 bridgehead atoms. The summed E-state index contributed by atoms with van der Waals surface area (Å²) in [6, 6.07) is 2.36. The second-order valence-corrected chi connectivity index (χ2v) is 4.43. The zero-order valence-electron chi connectivity index (χ0n) is 10.2. The highest BCUT2D eigenvalue weighted by molar-refractivity contribution is 9.10. The lowest BCUT2D eigenvalue weighted by molar-refractivity contribution is -0.151. The van der Waals surface area contributed by atoms with Crippen molar-refractivity contribution in [3.63, 3.8) is 0 Å². The minimum absolute atomic E-state index is 0.129. The maximum absolute atomic E-state index is 13.0. The lowest BCUT2D eigenvalue weighted by Gasteiger charge is -2.18. The van der Waals surface area contributed by atoms with Crippen LogP contribution in [0.15, 0.2) is 16.6 Å². The van der Waals surface area contributed by atoms with Crippen LogP contribution in [-0.2, 0) is 9.53 Å². The maximum Gasteiger partial charge on any atom is 0.347 e. The van der Waals surface area contributed by atoms with E-state index in [1.165, 1.54) is 6.07 Å². The molecule has 0 amide bonds. The van der Waals surface area contributed by atoms with Crippen LogP contribution in [0.5, 0.6) is 5.75 Å². The summed E-state index contributed by atoms with van der Waals surface area (Å²) in [6.45, 7) is 3.78. The number of carbonyl (C=O) groups excluding carboxylic acids is 1. The molecule has 0 heterocycles. The molecule has 0 radical (unpaired) electrons. The van der Waals surface area contributed by atoms with Gasteiger partial charge in [0.15, 0.2) is 11.9 Å². The fourth-order valence-electron chi connectivity index (χ4n) is 1.38. The van der Waals surface area contributed by atoms with E-state index in [1.54, 1.807) is 13.8 Å². The molecule has 0 saturated carbocycles. The molecule has 0 saturated heterocycles. The molecule has 1 atom stereocenters. The van der Waals surface area contributed by atoms with Gasteiger partial charge in [-0.05, 0) is 35.3 Å². The summed E-state index contributed by atoms with van der Waals surface area (Å²) in [5.74, 6) is -0.692. The first kappa shape index (κ1) is 14.8. The van der Waals surface area contributed by atoms with Gasteiger partial charge in [-0.15, -0.1) is 0 Å². The number of carbonyl (C=O) groups is 1. The number of anilines is 1. The van der Waals surface area contributed by atoms with Crippen LogP contribution >= 0.6 is 15.9 Å². The van der Waals surface area contributed by atoms with Gasteiger partial charge in [0.05, 0.1) is 16.8 Å². The number of esters is 1. The van der Waals surface area contributed by atoms with E-state index in [4.69, 9.17) is 15.2 Å². The highest BCUT2D eigenvalue weighted by Crippen LogP contribution is 2.33. The lowest BCUT2D eigenvalue weighted by atomic mass is 10.2. The Hall–Kier alpha value is -1.30. The van der Waals surface area contributed by atoms with Crippen molar-refractivity contribution in [2.45, 2.75) is 26.4 Å². The minimum Gasteiger partial charge on any atom is -0.475 e. The van der Waals surface area contributed by atoms with Gasteiger partial charge < -0.3 is 15.2 Å². The first-order chi connectivity index (χ1) is 8.49.